The largest absolute Gasteiger partial charge is 0.433 e. The van der Waals surface area contributed by atoms with Crippen LogP contribution in [0.1, 0.15) is 18.5 Å². The number of hydrogen-bond acceptors (Lipinski definition) is 6. The van der Waals surface area contributed by atoms with Gasteiger partial charge >= 0.3 is 6.18 Å². The van der Waals surface area contributed by atoms with E-state index in [1.165, 1.54) is 7.05 Å². The van der Waals surface area contributed by atoms with Crippen LogP contribution < -0.4 is 10.6 Å². The molecule has 6 nitrogen and oxygen atoms in total. The smallest absolute Gasteiger partial charge is 0.388 e. The summed E-state index contributed by atoms with van der Waals surface area (Å²) >= 11 is 0. The summed E-state index contributed by atoms with van der Waals surface area (Å²) in [5, 5.41) is 15.5. The zero-order chi connectivity index (χ0) is 15.5. The van der Waals surface area contributed by atoms with Gasteiger partial charge in [0, 0.05) is 45.7 Å². The molecule has 0 aromatic carbocycles. The van der Waals surface area contributed by atoms with Gasteiger partial charge in [-0.05, 0) is 0 Å². The molecule has 1 aliphatic rings. The molecule has 1 aromatic heterocycles. The third-order valence-corrected chi connectivity index (χ3v) is 3.26. The second-order valence-corrected chi connectivity index (χ2v) is 4.90. The van der Waals surface area contributed by atoms with Crippen LogP contribution in [0.4, 0.5) is 24.9 Å². The van der Waals surface area contributed by atoms with E-state index < -0.39 is 17.5 Å². The molecule has 1 aliphatic heterocycles. The number of anilines is 2. The topological polar surface area (TPSA) is 79.3 Å². The van der Waals surface area contributed by atoms with Crippen LogP contribution in [0.2, 0.25) is 0 Å². The quantitative estimate of drug-likeness (QED) is 0.782. The van der Waals surface area contributed by atoms with E-state index in [1.807, 2.05) is 0 Å². The normalized spacial score (nSPS) is 18.3. The lowest BCUT2D eigenvalue weighted by Crippen LogP contribution is -2.42. The minimum atomic E-state index is -4.56. The summed E-state index contributed by atoms with van der Waals surface area (Å²) in [6, 6.07) is 0.823. The van der Waals surface area contributed by atoms with E-state index in [0.29, 0.717) is 26.1 Å². The first-order valence-corrected chi connectivity index (χ1v) is 6.50. The second-order valence-electron chi connectivity index (χ2n) is 4.90. The number of aliphatic hydroxyl groups is 1. The molecule has 0 atom stereocenters. The molecule has 118 valence electrons. The Hall–Kier alpha value is -1.61. The lowest BCUT2D eigenvalue weighted by atomic mass is 9.94. The molecule has 0 aliphatic carbocycles. The van der Waals surface area contributed by atoms with E-state index in [4.69, 9.17) is 4.74 Å². The lowest BCUT2D eigenvalue weighted by molar-refractivity contribution is -0.141. The first-order valence-electron chi connectivity index (χ1n) is 6.50. The molecule has 1 saturated heterocycles. The SMILES string of the molecule is CNc1nc(NCC2(O)CCOCC2)cc(C(F)(F)F)n1. The van der Waals surface area contributed by atoms with Crippen molar-refractivity contribution in [3.8, 4) is 0 Å². The Morgan fingerprint density at radius 3 is 2.57 bits per heavy atom. The Labute approximate surface area is 119 Å². The van der Waals surface area contributed by atoms with Crippen LogP contribution in [0.25, 0.3) is 0 Å². The lowest BCUT2D eigenvalue weighted by Gasteiger charge is -2.32. The van der Waals surface area contributed by atoms with Crippen LogP contribution in [0.15, 0.2) is 6.07 Å². The summed E-state index contributed by atoms with van der Waals surface area (Å²) in [7, 11) is 1.44. The van der Waals surface area contributed by atoms with E-state index in [9.17, 15) is 18.3 Å². The van der Waals surface area contributed by atoms with Gasteiger partial charge in [-0.25, -0.2) is 4.98 Å². The van der Waals surface area contributed by atoms with Gasteiger partial charge in [0.2, 0.25) is 5.95 Å². The van der Waals surface area contributed by atoms with Gasteiger partial charge in [0.1, 0.15) is 5.82 Å². The van der Waals surface area contributed by atoms with Crippen LogP contribution >= 0.6 is 0 Å². The first kappa shape index (κ1) is 15.8. The molecule has 1 aromatic rings. The van der Waals surface area contributed by atoms with Gasteiger partial charge < -0.3 is 20.5 Å². The summed E-state index contributed by atoms with van der Waals surface area (Å²) in [4.78, 5) is 7.27. The van der Waals surface area contributed by atoms with Crippen molar-refractivity contribution in [2.24, 2.45) is 0 Å². The van der Waals surface area contributed by atoms with Crippen molar-refractivity contribution in [1.82, 2.24) is 9.97 Å². The zero-order valence-corrected chi connectivity index (χ0v) is 11.5. The van der Waals surface area contributed by atoms with E-state index in [-0.39, 0.29) is 18.3 Å². The highest BCUT2D eigenvalue weighted by Crippen LogP contribution is 2.30. The molecule has 9 heteroatoms. The fourth-order valence-electron chi connectivity index (χ4n) is 1.98. The number of halogens is 3. The van der Waals surface area contributed by atoms with E-state index >= 15 is 0 Å². The maximum atomic E-state index is 12.7. The Balaban J connectivity index is 2.12. The molecule has 0 spiro atoms. The fraction of sp³-hybridized carbons (Fsp3) is 0.667. The van der Waals surface area contributed by atoms with Gasteiger partial charge in [-0.15, -0.1) is 0 Å². The van der Waals surface area contributed by atoms with Crippen molar-refractivity contribution < 1.29 is 23.0 Å². The minimum absolute atomic E-state index is 0.0154. The third kappa shape index (κ3) is 4.18. The Kier molecular flexibility index (Phi) is 4.52. The van der Waals surface area contributed by atoms with Crippen LogP contribution in [-0.2, 0) is 10.9 Å². The van der Waals surface area contributed by atoms with Crippen LogP contribution in [0.3, 0.4) is 0 Å². The number of ether oxygens (including phenoxy) is 1. The average molecular weight is 306 g/mol. The number of nitrogens with one attached hydrogen (secondary N) is 2. The fourth-order valence-corrected chi connectivity index (χ4v) is 1.98. The van der Waals surface area contributed by atoms with Crippen molar-refractivity contribution in [3.05, 3.63) is 11.8 Å². The van der Waals surface area contributed by atoms with E-state index in [1.54, 1.807) is 0 Å². The summed E-state index contributed by atoms with van der Waals surface area (Å²) in [5.74, 6) is -0.118. The van der Waals surface area contributed by atoms with Crippen molar-refractivity contribution in [2.75, 3.05) is 37.4 Å². The van der Waals surface area contributed by atoms with Crippen LogP contribution in [0, 0.1) is 0 Å². The highest BCUT2D eigenvalue weighted by Gasteiger charge is 2.34. The molecule has 0 bridgehead atoms. The molecular weight excluding hydrogens is 289 g/mol. The summed E-state index contributed by atoms with van der Waals surface area (Å²) in [6.07, 6.45) is -3.70. The molecule has 2 rings (SSSR count). The first-order chi connectivity index (χ1) is 9.82. The zero-order valence-electron chi connectivity index (χ0n) is 11.5. The van der Waals surface area contributed by atoms with Crippen molar-refractivity contribution >= 4 is 11.8 Å². The minimum Gasteiger partial charge on any atom is -0.388 e. The molecule has 21 heavy (non-hydrogen) atoms. The maximum Gasteiger partial charge on any atom is 0.433 e. The monoisotopic (exact) mass is 306 g/mol. The Bertz CT molecular complexity index is 490. The number of nitrogens with zero attached hydrogens (tertiary/aromatic N) is 2. The van der Waals surface area contributed by atoms with Gasteiger partial charge in [0.05, 0.1) is 5.60 Å². The third-order valence-electron chi connectivity index (χ3n) is 3.26. The molecule has 2 heterocycles. The van der Waals surface area contributed by atoms with Gasteiger partial charge in [0.25, 0.3) is 0 Å². The van der Waals surface area contributed by atoms with Crippen molar-refractivity contribution in [3.63, 3.8) is 0 Å². The number of alkyl halides is 3. The van der Waals surface area contributed by atoms with Crippen molar-refractivity contribution in [1.29, 1.82) is 0 Å². The van der Waals surface area contributed by atoms with E-state index in [2.05, 4.69) is 20.6 Å². The standard InChI is InChI=1S/C12H17F3N4O2/c1-16-10-18-8(12(13,14)15)6-9(19-10)17-7-11(20)2-4-21-5-3-11/h6,20H,2-5,7H2,1H3,(H2,16,17,18,19). The van der Waals surface area contributed by atoms with Crippen molar-refractivity contribution in [2.45, 2.75) is 24.6 Å². The number of aromatic nitrogens is 2. The van der Waals surface area contributed by atoms with Gasteiger partial charge in [-0.3, -0.25) is 0 Å². The van der Waals surface area contributed by atoms with Crippen LogP contribution in [-0.4, -0.2) is 47.5 Å². The molecular formula is C12H17F3N4O2. The van der Waals surface area contributed by atoms with Gasteiger partial charge in [-0.2, -0.15) is 18.2 Å². The summed E-state index contributed by atoms with van der Waals surface area (Å²) in [5.41, 5.74) is -2.04. The van der Waals surface area contributed by atoms with Gasteiger partial charge in [0.15, 0.2) is 5.69 Å². The average Bonchev–Trinajstić information content (AvgIpc) is 2.45. The van der Waals surface area contributed by atoms with Gasteiger partial charge in [-0.1, -0.05) is 0 Å². The molecule has 1 fully saturated rings. The predicted octanol–water partition coefficient (Wildman–Crippen LogP) is 1.49. The molecule has 0 unspecified atom stereocenters. The van der Waals surface area contributed by atoms with Crippen LogP contribution in [0.5, 0.6) is 0 Å². The predicted molar refractivity (Wildman–Crippen MR) is 70.1 cm³/mol. The highest BCUT2D eigenvalue weighted by atomic mass is 19.4. The summed E-state index contributed by atoms with van der Waals surface area (Å²) in [6.45, 7) is 0.961. The Morgan fingerprint density at radius 1 is 1.33 bits per heavy atom. The maximum absolute atomic E-state index is 12.7. The molecule has 0 saturated carbocycles. The number of hydrogen-bond donors (Lipinski definition) is 3. The molecule has 0 amide bonds. The Morgan fingerprint density at radius 2 is 2.00 bits per heavy atom. The highest BCUT2D eigenvalue weighted by molar-refractivity contribution is 5.43. The molecule has 0 radical (unpaired) electrons. The summed E-state index contributed by atoms with van der Waals surface area (Å²) < 4.78 is 43.4. The second kappa shape index (κ2) is 6.02. The number of rotatable bonds is 4. The molecule has 3 N–H and O–H groups in total. The van der Waals surface area contributed by atoms with E-state index in [0.717, 1.165) is 6.07 Å².